The minimum Gasteiger partial charge on any atom is -0.477 e. The molecule has 4 heteroatoms. The molecule has 4 nitrogen and oxygen atoms in total. The van der Waals surface area contributed by atoms with Crippen molar-refractivity contribution in [3.63, 3.8) is 0 Å². The lowest BCUT2D eigenvalue weighted by atomic mass is 10.2. The molecule has 18 heavy (non-hydrogen) atoms. The lowest BCUT2D eigenvalue weighted by molar-refractivity contribution is 0.0690. The number of anilines is 1. The molecule has 2 N–H and O–H groups in total. The highest BCUT2D eigenvalue weighted by Crippen LogP contribution is 2.10. The van der Waals surface area contributed by atoms with E-state index in [0.717, 1.165) is 5.69 Å². The molecule has 0 aliphatic carbocycles. The SMILES string of the molecule is Cc1ccc(NCc2cccc(C(=O)O)n2)cc1. The Hall–Kier alpha value is -2.36. The van der Waals surface area contributed by atoms with Gasteiger partial charge < -0.3 is 10.4 Å². The first kappa shape index (κ1) is 12.1. The van der Waals surface area contributed by atoms with Crippen molar-refractivity contribution in [3.05, 3.63) is 59.4 Å². The predicted molar refractivity (Wildman–Crippen MR) is 69.7 cm³/mol. The maximum atomic E-state index is 10.8. The fraction of sp³-hybridized carbons (Fsp3) is 0.143. The number of carbonyl (C=O) groups is 1. The third-order valence-corrected chi connectivity index (χ3v) is 2.55. The van der Waals surface area contributed by atoms with Gasteiger partial charge in [-0.05, 0) is 31.2 Å². The maximum absolute atomic E-state index is 10.8. The van der Waals surface area contributed by atoms with Gasteiger partial charge in [-0.25, -0.2) is 9.78 Å². The summed E-state index contributed by atoms with van der Waals surface area (Å²) in [6.45, 7) is 2.53. The molecule has 1 aromatic carbocycles. The summed E-state index contributed by atoms with van der Waals surface area (Å²) in [6.07, 6.45) is 0. The van der Waals surface area contributed by atoms with E-state index in [2.05, 4.69) is 10.3 Å². The second-order valence-corrected chi connectivity index (χ2v) is 4.04. The van der Waals surface area contributed by atoms with Crippen molar-refractivity contribution in [2.75, 3.05) is 5.32 Å². The average Bonchev–Trinajstić information content (AvgIpc) is 2.38. The molecule has 0 spiro atoms. The van der Waals surface area contributed by atoms with Crippen molar-refractivity contribution in [1.82, 2.24) is 4.98 Å². The van der Waals surface area contributed by atoms with Crippen LogP contribution in [0.1, 0.15) is 21.7 Å². The van der Waals surface area contributed by atoms with E-state index in [0.29, 0.717) is 12.2 Å². The van der Waals surface area contributed by atoms with Crippen molar-refractivity contribution in [2.45, 2.75) is 13.5 Å². The zero-order chi connectivity index (χ0) is 13.0. The molecule has 1 heterocycles. The van der Waals surface area contributed by atoms with Gasteiger partial charge in [-0.2, -0.15) is 0 Å². The lowest BCUT2D eigenvalue weighted by Gasteiger charge is -2.06. The molecular formula is C14H14N2O2. The molecule has 0 aliphatic rings. The highest BCUT2D eigenvalue weighted by molar-refractivity contribution is 5.85. The number of carboxylic acid groups (broad SMARTS) is 1. The summed E-state index contributed by atoms with van der Waals surface area (Å²) in [4.78, 5) is 14.8. The van der Waals surface area contributed by atoms with Crippen LogP contribution in [0.15, 0.2) is 42.5 Å². The van der Waals surface area contributed by atoms with E-state index in [9.17, 15) is 4.79 Å². The van der Waals surface area contributed by atoms with Crippen molar-refractivity contribution < 1.29 is 9.90 Å². The summed E-state index contributed by atoms with van der Waals surface area (Å²) in [5.41, 5.74) is 2.96. The number of pyridine rings is 1. The minimum atomic E-state index is -1.01. The normalized spacial score (nSPS) is 10.1. The fourth-order valence-electron chi connectivity index (χ4n) is 1.56. The summed E-state index contributed by atoms with van der Waals surface area (Å²) in [5, 5.41) is 12.0. The van der Waals surface area contributed by atoms with Gasteiger partial charge in [0.2, 0.25) is 0 Å². The first-order valence-electron chi connectivity index (χ1n) is 5.65. The van der Waals surface area contributed by atoms with Crippen LogP contribution in [0.2, 0.25) is 0 Å². The van der Waals surface area contributed by atoms with Crippen molar-refractivity contribution in [1.29, 1.82) is 0 Å². The smallest absolute Gasteiger partial charge is 0.354 e. The number of benzene rings is 1. The summed E-state index contributed by atoms with van der Waals surface area (Å²) >= 11 is 0. The fourth-order valence-corrected chi connectivity index (χ4v) is 1.56. The molecule has 1 aromatic heterocycles. The van der Waals surface area contributed by atoms with Crippen molar-refractivity contribution in [3.8, 4) is 0 Å². The van der Waals surface area contributed by atoms with Gasteiger partial charge in [0.25, 0.3) is 0 Å². The van der Waals surface area contributed by atoms with Gasteiger partial charge in [0.1, 0.15) is 5.69 Å². The van der Waals surface area contributed by atoms with Gasteiger partial charge in [-0.15, -0.1) is 0 Å². The Bertz CT molecular complexity index is 550. The summed E-state index contributed by atoms with van der Waals surface area (Å²) < 4.78 is 0. The van der Waals surface area contributed by atoms with Crippen LogP contribution in [-0.4, -0.2) is 16.1 Å². The molecule has 0 saturated heterocycles. The van der Waals surface area contributed by atoms with Crippen LogP contribution >= 0.6 is 0 Å². The maximum Gasteiger partial charge on any atom is 0.354 e. The number of hydrogen-bond acceptors (Lipinski definition) is 3. The minimum absolute atomic E-state index is 0.0678. The number of nitrogens with one attached hydrogen (secondary N) is 1. The van der Waals surface area contributed by atoms with Gasteiger partial charge >= 0.3 is 5.97 Å². The molecule has 2 rings (SSSR count). The number of carboxylic acids is 1. The standard InChI is InChI=1S/C14H14N2O2/c1-10-5-7-11(8-6-10)15-9-12-3-2-4-13(16-12)14(17)18/h2-8,15H,9H2,1H3,(H,17,18). The number of hydrogen-bond donors (Lipinski definition) is 2. The van der Waals surface area contributed by atoms with Crippen molar-refractivity contribution in [2.24, 2.45) is 0 Å². The Morgan fingerprint density at radius 1 is 1.22 bits per heavy atom. The van der Waals surface area contributed by atoms with Gasteiger partial charge in [0, 0.05) is 5.69 Å². The molecule has 0 saturated carbocycles. The van der Waals surface area contributed by atoms with E-state index in [4.69, 9.17) is 5.11 Å². The number of rotatable bonds is 4. The highest BCUT2D eigenvalue weighted by atomic mass is 16.4. The van der Waals surface area contributed by atoms with Crippen LogP contribution in [0.4, 0.5) is 5.69 Å². The van der Waals surface area contributed by atoms with Crippen LogP contribution in [0.5, 0.6) is 0 Å². The Morgan fingerprint density at radius 2 is 1.94 bits per heavy atom. The first-order valence-corrected chi connectivity index (χ1v) is 5.65. The highest BCUT2D eigenvalue weighted by Gasteiger charge is 2.04. The van der Waals surface area contributed by atoms with Crippen LogP contribution in [0, 0.1) is 6.92 Å². The largest absolute Gasteiger partial charge is 0.477 e. The Labute approximate surface area is 105 Å². The van der Waals surface area contributed by atoms with Crippen LogP contribution in [-0.2, 0) is 6.54 Å². The molecule has 0 aliphatic heterocycles. The lowest BCUT2D eigenvalue weighted by Crippen LogP contribution is -2.06. The Balaban J connectivity index is 2.04. The Morgan fingerprint density at radius 3 is 2.61 bits per heavy atom. The van der Waals surface area contributed by atoms with Crippen LogP contribution in [0.3, 0.4) is 0 Å². The van der Waals surface area contributed by atoms with Crippen LogP contribution in [0.25, 0.3) is 0 Å². The van der Waals surface area contributed by atoms with Gasteiger partial charge in [0.05, 0.1) is 12.2 Å². The van der Waals surface area contributed by atoms with E-state index in [1.807, 2.05) is 31.2 Å². The topological polar surface area (TPSA) is 62.2 Å². The zero-order valence-electron chi connectivity index (χ0n) is 10.1. The molecule has 0 radical (unpaired) electrons. The average molecular weight is 242 g/mol. The molecule has 92 valence electrons. The first-order chi connectivity index (χ1) is 8.65. The Kier molecular flexibility index (Phi) is 3.57. The molecule has 0 amide bonds. The zero-order valence-corrected chi connectivity index (χ0v) is 10.1. The van der Waals surface area contributed by atoms with Gasteiger partial charge in [-0.3, -0.25) is 0 Å². The monoisotopic (exact) mass is 242 g/mol. The second kappa shape index (κ2) is 5.31. The third-order valence-electron chi connectivity index (χ3n) is 2.55. The summed E-state index contributed by atoms with van der Waals surface area (Å²) in [5.74, 6) is -1.01. The summed E-state index contributed by atoms with van der Waals surface area (Å²) in [7, 11) is 0. The predicted octanol–water partition coefficient (Wildman–Crippen LogP) is 2.70. The van der Waals surface area contributed by atoms with E-state index in [1.54, 1.807) is 12.1 Å². The molecular weight excluding hydrogens is 228 g/mol. The molecule has 0 fully saturated rings. The van der Waals surface area contributed by atoms with E-state index in [1.165, 1.54) is 11.6 Å². The van der Waals surface area contributed by atoms with E-state index >= 15 is 0 Å². The van der Waals surface area contributed by atoms with Crippen molar-refractivity contribution >= 4 is 11.7 Å². The number of aryl methyl sites for hydroxylation is 1. The second-order valence-electron chi connectivity index (χ2n) is 4.04. The molecule has 2 aromatic rings. The quantitative estimate of drug-likeness (QED) is 0.865. The number of aromatic nitrogens is 1. The number of nitrogens with zero attached hydrogens (tertiary/aromatic N) is 1. The van der Waals surface area contributed by atoms with E-state index in [-0.39, 0.29) is 5.69 Å². The number of aromatic carboxylic acids is 1. The molecule has 0 bridgehead atoms. The van der Waals surface area contributed by atoms with Gasteiger partial charge in [-0.1, -0.05) is 23.8 Å². The van der Waals surface area contributed by atoms with Crippen LogP contribution < -0.4 is 5.32 Å². The van der Waals surface area contributed by atoms with Gasteiger partial charge in [0.15, 0.2) is 0 Å². The molecule has 0 unspecified atom stereocenters. The third kappa shape index (κ3) is 3.07. The van der Waals surface area contributed by atoms with E-state index < -0.39 is 5.97 Å². The summed E-state index contributed by atoms with van der Waals surface area (Å²) in [6, 6.07) is 13.0. The molecule has 0 atom stereocenters.